The standard InChI is InChI=1S/C20H23NO5/c1-4-24-17-11-10-14(13-18(17)25-5-2)19(22)21-16-9-7-8-15(12-16)20(23)26-6-3/h7-13H,4-6H2,1-3H3,(H,21,22). The summed E-state index contributed by atoms with van der Waals surface area (Å²) >= 11 is 0. The van der Waals surface area contributed by atoms with Crippen molar-refractivity contribution in [3.8, 4) is 11.5 Å². The number of nitrogens with one attached hydrogen (secondary N) is 1. The van der Waals surface area contributed by atoms with E-state index < -0.39 is 5.97 Å². The Morgan fingerprint density at radius 1 is 0.846 bits per heavy atom. The van der Waals surface area contributed by atoms with Gasteiger partial charge in [-0.1, -0.05) is 6.07 Å². The van der Waals surface area contributed by atoms with Gasteiger partial charge in [0.2, 0.25) is 0 Å². The van der Waals surface area contributed by atoms with Crippen LogP contribution < -0.4 is 14.8 Å². The summed E-state index contributed by atoms with van der Waals surface area (Å²) in [5.74, 6) is 0.371. The molecule has 2 aromatic rings. The van der Waals surface area contributed by atoms with E-state index in [0.29, 0.717) is 48.1 Å². The molecule has 0 atom stereocenters. The van der Waals surface area contributed by atoms with Gasteiger partial charge in [-0.15, -0.1) is 0 Å². The molecule has 0 unspecified atom stereocenters. The van der Waals surface area contributed by atoms with Crippen LogP contribution in [-0.2, 0) is 4.74 Å². The first kappa shape index (κ1) is 19.3. The topological polar surface area (TPSA) is 73.9 Å². The Kier molecular flexibility index (Phi) is 7.02. The summed E-state index contributed by atoms with van der Waals surface area (Å²) in [5, 5.41) is 2.77. The minimum atomic E-state index is -0.428. The van der Waals surface area contributed by atoms with Gasteiger partial charge in [0.25, 0.3) is 5.91 Å². The first-order chi connectivity index (χ1) is 12.6. The minimum Gasteiger partial charge on any atom is -0.490 e. The van der Waals surface area contributed by atoms with Crippen molar-refractivity contribution in [2.75, 3.05) is 25.1 Å². The predicted octanol–water partition coefficient (Wildman–Crippen LogP) is 3.91. The van der Waals surface area contributed by atoms with Gasteiger partial charge < -0.3 is 19.5 Å². The van der Waals surface area contributed by atoms with Crippen molar-refractivity contribution >= 4 is 17.6 Å². The molecule has 0 aliphatic rings. The van der Waals surface area contributed by atoms with Crippen LogP contribution >= 0.6 is 0 Å². The van der Waals surface area contributed by atoms with Crippen LogP contribution in [0.4, 0.5) is 5.69 Å². The fraction of sp³-hybridized carbons (Fsp3) is 0.300. The average molecular weight is 357 g/mol. The number of esters is 1. The molecular formula is C20H23NO5. The number of amides is 1. The summed E-state index contributed by atoms with van der Waals surface area (Å²) in [7, 11) is 0. The highest BCUT2D eigenvalue weighted by atomic mass is 16.5. The Morgan fingerprint density at radius 3 is 2.27 bits per heavy atom. The van der Waals surface area contributed by atoms with E-state index in [0.717, 1.165) is 0 Å². The van der Waals surface area contributed by atoms with E-state index in [4.69, 9.17) is 14.2 Å². The van der Waals surface area contributed by atoms with Crippen LogP contribution in [0.5, 0.6) is 11.5 Å². The van der Waals surface area contributed by atoms with E-state index in [1.54, 1.807) is 49.4 Å². The number of hydrogen-bond acceptors (Lipinski definition) is 5. The molecule has 0 saturated carbocycles. The van der Waals surface area contributed by atoms with Gasteiger partial charge in [0.1, 0.15) is 0 Å². The van der Waals surface area contributed by atoms with Gasteiger partial charge in [-0.3, -0.25) is 4.79 Å². The van der Waals surface area contributed by atoms with E-state index in [2.05, 4.69) is 5.32 Å². The molecule has 2 rings (SSSR count). The maximum Gasteiger partial charge on any atom is 0.338 e. The molecule has 0 saturated heterocycles. The van der Waals surface area contributed by atoms with Crippen molar-refractivity contribution in [3.63, 3.8) is 0 Å². The van der Waals surface area contributed by atoms with E-state index in [1.165, 1.54) is 0 Å². The summed E-state index contributed by atoms with van der Waals surface area (Å²) in [6.07, 6.45) is 0. The largest absolute Gasteiger partial charge is 0.490 e. The Morgan fingerprint density at radius 2 is 1.58 bits per heavy atom. The lowest BCUT2D eigenvalue weighted by Gasteiger charge is -2.12. The van der Waals surface area contributed by atoms with Crippen LogP contribution in [0.25, 0.3) is 0 Å². The Bertz CT molecular complexity index is 773. The van der Waals surface area contributed by atoms with Gasteiger partial charge in [-0.2, -0.15) is 0 Å². The maximum atomic E-state index is 12.5. The zero-order valence-corrected chi connectivity index (χ0v) is 15.2. The highest BCUT2D eigenvalue weighted by Gasteiger charge is 2.13. The predicted molar refractivity (Wildman–Crippen MR) is 99.1 cm³/mol. The molecule has 0 bridgehead atoms. The van der Waals surface area contributed by atoms with Crippen LogP contribution in [-0.4, -0.2) is 31.7 Å². The fourth-order valence-corrected chi connectivity index (χ4v) is 2.33. The zero-order chi connectivity index (χ0) is 18.9. The molecule has 0 aromatic heterocycles. The SMILES string of the molecule is CCOC(=O)c1cccc(NC(=O)c2ccc(OCC)c(OCC)c2)c1. The number of benzene rings is 2. The molecule has 0 radical (unpaired) electrons. The third kappa shape index (κ3) is 4.99. The lowest BCUT2D eigenvalue weighted by atomic mass is 10.1. The molecule has 0 fully saturated rings. The fourth-order valence-electron chi connectivity index (χ4n) is 2.33. The second-order valence-electron chi connectivity index (χ2n) is 5.28. The lowest BCUT2D eigenvalue weighted by Crippen LogP contribution is -2.13. The van der Waals surface area contributed by atoms with Gasteiger partial charge in [0.05, 0.1) is 25.4 Å². The summed E-state index contributed by atoms with van der Waals surface area (Å²) in [5.41, 5.74) is 1.32. The Hall–Kier alpha value is -3.02. The van der Waals surface area contributed by atoms with Crippen LogP contribution in [0.1, 0.15) is 41.5 Å². The van der Waals surface area contributed by atoms with E-state index >= 15 is 0 Å². The van der Waals surface area contributed by atoms with E-state index in [9.17, 15) is 9.59 Å². The number of carbonyl (C=O) groups is 2. The minimum absolute atomic E-state index is 0.293. The third-order valence-corrected chi connectivity index (χ3v) is 3.44. The second kappa shape index (κ2) is 9.46. The van der Waals surface area contributed by atoms with Crippen molar-refractivity contribution < 1.29 is 23.8 Å². The molecular weight excluding hydrogens is 334 g/mol. The van der Waals surface area contributed by atoms with Crippen molar-refractivity contribution in [3.05, 3.63) is 53.6 Å². The summed E-state index contributed by atoms with van der Waals surface area (Å²) in [6, 6.07) is 11.6. The molecule has 0 spiro atoms. The first-order valence-corrected chi connectivity index (χ1v) is 8.57. The van der Waals surface area contributed by atoms with Gasteiger partial charge in [0.15, 0.2) is 11.5 Å². The van der Waals surface area contributed by atoms with Gasteiger partial charge in [0, 0.05) is 11.3 Å². The summed E-state index contributed by atoms with van der Waals surface area (Å²) in [6.45, 7) is 6.75. The molecule has 138 valence electrons. The molecule has 6 nitrogen and oxygen atoms in total. The molecule has 6 heteroatoms. The number of hydrogen-bond donors (Lipinski definition) is 1. The van der Waals surface area contributed by atoms with Gasteiger partial charge in [-0.25, -0.2) is 4.79 Å². The van der Waals surface area contributed by atoms with Crippen LogP contribution in [0.15, 0.2) is 42.5 Å². The smallest absolute Gasteiger partial charge is 0.338 e. The van der Waals surface area contributed by atoms with E-state index in [1.807, 2.05) is 13.8 Å². The third-order valence-electron chi connectivity index (χ3n) is 3.44. The van der Waals surface area contributed by atoms with Crippen LogP contribution in [0.2, 0.25) is 0 Å². The number of rotatable bonds is 8. The second-order valence-corrected chi connectivity index (χ2v) is 5.28. The molecule has 26 heavy (non-hydrogen) atoms. The molecule has 1 amide bonds. The Labute approximate surface area is 153 Å². The van der Waals surface area contributed by atoms with Gasteiger partial charge >= 0.3 is 5.97 Å². The number of anilines is 1. The van der Waals surface area contributed by atoms with Gasteiger partial charge in [-0.05, 0) is 57.2 Å². The lowest BCUT2D eigenvalue weighted by molar-refractivity contribution is 0.0526. The quantitative estimate of drug-likeness (QED) is 0.725. The summed E-state index contributed by atoms with van der Waals surface area (Å²) < 4.78 is 16.0. The number of ether oxygens (including phenoxy) is 3. The normalized spacial score (nSPS) is 10.1. The molecule has 0 heterocycles. The molecule has 1 N–H and O–H groups in total. The summed E-state index contributed by atoms with van der Waals surface area (Å²) in [4.78, 5) is 24.3. The van der Waals surface area contributed by atoms with Crippen molar-refractivity contribution in [2.24, 2.45) is 0 Å². The monoisotopic (exact) mass is 357 g/mol. The zero-order valence-electron chi connectivity index (χ0n) is 15.2. The van der Waals surface area contributed by atoms with Crippen molar-refractivity contribution in [1.29, 1.82) is 0 Å². The maximum absolute atomic E-state index is 12.5. The van der Waals surface area contributed by atoms with Crippen molar-refractivity contribution in [1.82, 2.24) is 0 Å². The Balaban J connectivity index is 2.18. The molecule has 0 aliphatic heterocycles. The van der Waals surface area contributed by atoms with Crippen molar-refractivity contribution in [2.45, 2.75) is 20.8 Å². The van der Waals surface area contributed by atoms with Crippen LogP contribution in [0.3, 0.4) is 0 Å². The average Bonchev–Trinajstić information content (AvgIpc) is 2.64. The van der Waals surface area contributed by atoms with Crippen LogP contribution in [0, 0.1) is 0 Å². The highest BCUT2D eigenvalue weighted by Crippen LogP contribution is 2.29. The van der Waals surface area contributed by atoms with E-state index in [-0.39, 0.29) is 5.91 Å². The highest BCUT2D eigenvalue weighted by molar-refractivity contribution is 6.05. The number of carbonyl (C=O) groups excluding carboxylic acids is 2. The first-order valence-electron chi connectivity index (χ1n) is 8.57. The molecule has 0 aliphatic carbocycles. The molecule has 2 aromatic carbocycles.